The van der Waals surface area contributed by atoms with E-state index in [2.05, 4.69) is 36.8 Å². The second-order valence-electron chi connectivity index (χ2n) is 7.38. The van der Waals surface area contributed by atoms with Gasteiger partial charge < -0.3 is 9.26 Å². The highest BCUT2D eigenvalue weighted by Gasteiger charge is 2.31. The number of hydrogen-bond acceptors (Lipinski definition) is 8. The summed E-state index contributed by atoms with van der Waals surface area (Å²) in [5, 5.41) is 4.05. The number of benzene rings is 1. The van der Waals surface area contributed by atoms with Crippen LogP contribution in [0.15, 0.2) is 47.4 Å². The molecule has 150 valence electrons. The second-order valence-corrected chi connectivity index (χ2v) is 8.60. The molecule has 7 nitrogen and oxygen atoms in total. The lowest BCUT2D eigenvalue weighted by Gasteiger charge is -2.30. The summed E-state index contributed by atoms with van der Waals surface area (Å²) in [5.74, 6) is 4.19. The third-order valence-electron chi connectivity index (χ3n) is 5.51. The van der Waals surface area contributed by atoms with E-state index in [4.69, 9.17) is 9.26 Å². The second kappa shape index (κ2) is 8.51. The zero-order valence-corrected chi connectivity index (χ0v) is 16.9. The van der Waals surface area contributed by atoms with Crippen LogP contribution >= 0.6 is 11.8 Å². The van der Waals surface area contributed by atoms with Gasteiger partial charge in [-0.25, -0.2) is 4.98 Å². The summed E-state index contributed by atoms with van der Waals surface area (Å²) in [6.45, 7) is 2.10. The van der Waals surface area contributed by atoms with Gasteiger partial charge in [0.15, 0.2) is 0 Å². The molecule has 0 amide bonds. The molecule has 0 saturated carbocycles. The van der Waals surface area contributed by atoms with E-state index in [9.17, 15) is 0 Å². The molecule has 0 N–H and O–H groups in total. The van der Waals surface area contributed by atoms with Crippen LogP contribution in [0.2, 0.25) is 0 Å². The van der Waals surface area contributed by atoms with E-state index in [0.717, 1.165) is 30.8 Å². The number of rotatable bonds is 5. The lowest BCUT2D eigenvalue weighted by molar-refractivity contribution is 0.172. The first kappa shape index (κ1) is 18.6. The van der Waals surface area contributed by atoms with Gasteiger partial charge >= 0.3 is 0 Å². The Morgan fingerprint density at radius 2 is 2.00 bits per heavy atom. The molecule has 2 aliphatic rings. The molecule has 1 atom stereocenters. The summed E-state index contributed by atoms with van der Waals surface area (Å²) in [6.07, 6.45) is 8.67. The molecule has 3 aromatic rings. The first-order chi connectivity index (χ1) is 14.4. The number of nitrogens with zero attached hydrogens (tertiary/aromatic N) is 5. The summed E-state index contributed by atoms with van der Waals surface area (Å²) in [6, 6.07) is 8.57. The monoisotopic (exact) mass is 409 g/mol. The fraction of sp³-hybridized carbons (Fsp3) is 0.429. The van der Waals surface area contributed by atoms with Crippen molar-refractivity contribution in [3.8, 4) is 28.7 Å². The molecule has 0 bridgehead atoms. The van der Waals surface area contributed by atoms with Crippen molar-refractivity contribution in [2.24, 2.45) is 0 Å². The minimum Gasteiger partial charge on any atom is -0.488 e. The Morgan fingerprint density at radius 1 is 1.10 bits per heavy atom. The van der Waals surface area contributed by atoms with Crippen LogP contribution in [0.3, 0.4) is 0 Å². The first-order valence-corrected chi connectivity index (χ1v) is 11.2. The quantitative estimate of drug-likeness (QED) is 0.633. The molecule has 1 unspecified atom stereocenters. The van der Waals surface area contributed by atoms with E-state index in [1.54, 1.807) is 18.6 Å². The third-order valence-corrected chi connectivity index (χ3v) is 6.56. The summed E-state index contributed by atoms with van der Waals surface area (Å²) in [7, 11) is 0. The Labute approximate surface area is 173 Å². The zero-order chi connectivity index (χ0) is 19.5. The van der Waals surface area contributed by atoms with Crippen molar-refractivity contribution in [3.05, 3.63) is 42.9 Å². The Balaban J connectivity index is 1.31. The topological polar surface area (TPSA) is 77.2 Å². The van der Waals surface area contributed by atoms with Crippen molar-refractivity contribution in [2.75, 3.05) is 24.6 Å². The van der Waals surface area contributed by atoms with Gasteiger partial charge in [0.1, 0.15) is 17.5 Å². The fourth-order valence-electron chi connectivity index (χ4n) is 4.01. The lowest BCUT2D eigenvalue weighted by atomic mass is 10.1. The van der Waals surface area contributed by atoms with Crippen molar-refractivity contribution in [1.29, 1.82) is 0 Å². The minimum atomic E-state index is 0.188. The normalized spacial score (nSPS) is 20.8. The molecule has 2 aromatic heterocycles. The number of para-hydroxylation sites is 1. The highest BCUT2D eigenvalue weighted by Crippen LogP contribution is 2.32. The molecular weight excluding hydrogens is 386 g/mol. The number of ether oxygens (including phenoxy) is 1. The summed E-state index contributed by atoms with van der Waals surface area (Å²) in [4.78, 5) is 15.4. The molecule has 0 radical (unpaired) electrons. The third kappa shape index (κ3) is 4.13. The van der Waals surface area contributed by atoms with Crippen molar-refractivity contribution in [3.63, 3.8) is 0 Å². The van der Waals surface area contributed by atoms with Crippen LogP contribution in [0, 0.1) is 0 Å². The number of likely N-dealkylation sites (tertiary alicyclic amines) is 1. The van der Waals surface area contributed by atoms with Crippen molar-refractivity contribution in [1.82, 2.24) is 25.0 Å². The number of hydrogen-bond donors (Lipinski definition) is 0. The van der Waals surface area contributed by atoms with E-state index in [0.29, 0.717) is 23.5 Å². The van der Waals surface area contributed by atoms with Crippen molar-refractivity contribution < 1.29 is 9.26 Å². The lowest BCUT2D eigenvalue weighted by Crippen LogP contribution is -2.37. The minimum absolute atomic E-state index is 0.188. The van der Waals surface area contributed by atoms with E-state index >= 15 is 0 Å². The summed E-state index contributed by atoms with van der Waals surface area (Å²) >= 11 is 2.07. The van der Waals surface area contributed by atoms with Gasteiger partial charge in [-0.1, -0.05) is 17.3 Å². The van der Waals surface area contributed by atoms with Gasteiger partial charge in [0.2, 0.25) is 5.82 Å². The molecule has 2 saturated heterocycles. The molecule has 2 fully saturated rings. The Bertz CT molecular complexity index is 945. The van der Waals surface area contributed by atoms with E-state index < -0.39 is 0 Å². The molecule has 0 aliphatic carbocycles. The van der Waals surface area contributed by atoms with Gasteiger partial charge in [-0.15, -0.1) is 0 Å². The molecule has 29 heavy (non-hydrogen) atoms. The smallest absolute Gasteiger partial charge is 0.262 e. The molecule has 1 aromatic carbocycles. The molecule has 2 aliphatic heterocycles. The van der Waals surface area contributed by atoms with E-state index in [1.807, 2.05) is 24.3 Å². The maximum Gasteiger partial charge on any atom is 0.262 e. The van der Waals surface area contributed by atoms with Gasteiger partial charge in [0, 0.05) is 31.5 Å². The predicted octanol–water partition coefficient (Wildman–Crippen LogP) is 3.54. The largest absolute Gasteiger partial charge is 0.488 e. The molecule has 8 heteroatoms. The van der Waals surface area contributed by atoms with Crippen LogP contribution < -0.4 is 4.74 Å². The molecule has 0 spiro atoms. The zero-order valence-electron chi connectivity index (χ0n) is 16.1. The van der Waals surface area contributed by atoms with Gasteiger partial charge in [0.25, 0.3) is 5.89 Å². The highest BCUT2D eigenvalue weighted by atomic mass is 32.2. The number of thioether (sulfide) groups is 1. The molecule has 4 heterocycles. The predicted molar refractivity (Wildman–Crippen MR) is 112 cm³/mol. The standard InChI is InChI=1S/C21H23N5O2S/c1-2-4-19(27-16-5-10-26(14-16)15-6-11-29-12-7-15)17(3-1)21-24-20(25-28-21)18-13-22-8-9-23-18/h1-4,8-9,13,15-16H,5-7,10-12,14H2. The highest BCUT2D eigenvalue weighted by molar-refractivity contribution is 7.99. The number of aromatic nitrogens is 4. The summed E-state index contributed by atoms with van der Waals surface area (Å²) in [5.41, 5.74) is 1.39. The van der Waals surface area contributed by atoms with Crippen LogP contribution in [-0.4, -0.2) is 61.7 Å². The maximum absolute atomic E-state index is 6.39. The van der Waals surface area contributed by atoms with Crippen LogP contribution in [0.1, 0.15) is 19.3 Å². The Hall–Kier alpha value is -2.45. The molecule has 5 rings (SSSR count). The van der Waals surface area contributed by atoms with Crippen LogP contribution in [-0.2, 0) is 0 Å². The molecular formula is C21H23N5O2S. The SMILES string of the molecule is c1ccc(-c2nc(-c3cnccn3)no2)c(OC2CCN(C3CCSCC3)C2)c1. The van der Waals surface area contributed by atoms with Crippen LogP contribution in [0.5, 0.6) is 5.75 Å². The summed E-state index contributed by atoms with van der Waals surface area (Å²) < 4.78 is 11.9. The van der Waals surface area contributed by atoms with Gasteiger partial charge in [-0.3, -0.25) is 9.88 Å². The Morgan fingerprint density at radius 3 is 2.86 bits per heavy atom. The average Bonchev–Trinajstić information content (AvgIpc) is 3.46. The first-order valence-electron chi connectivity index (χ1n) is 10.0. The van der Waals surface area contributed by atoms with E-state index in [1.165, 1.54) is 24.3 Å². The van der Waals surface area contributed by atoms with Crippen molar-refractivity contribution in [2.45, 2.75) is 31.4 Å². The average molecular weight is 410 g/mol. The van der Waals surface area contributed by atoms with Gasteiger partial charge in [-0.2, -0.15) is 16.7 Å². The van der Waals surface area contributed by atoms with Crippen molar-refractivity contribution >= 4 is 11.8 Å². The maximum atomic E-state index is 6.39. The van der Waals surface area contributed by atoms with Gasteiger partial charge in [-0.05, 0) is 42.9 Å². The van der Waals surface area contributed by atoms with Crippen LogP contribution in [0.25, 0.3) is 23.0 Å². The van der Waals surface area contributed by atoms with Crippen LogP contribution in [0.4, 0.5) is 0 Å². The van der Waals surface area contributed by atoms with Gasteiger partial charge in [0.05, 0.1) is 11.8 Å². The Kier molecular flexibility index (Phi) is 5.45. The van der Waals surface area contributed by atoms with E-state index in [-0.39, 0.29) is 6.10 Å². The fourth-order valence-corrected chi connectivity index (χ4v) is 5.09.